The Morgan fingerprint density at radius 3 is 2.59 bits per heavy atom. The number of hydrogen-bond donors (Lipinski definition) is 1. The molecule has 0 saturated heterocycles. The standard InChI is InChI=1S/C20H22BrN3O3/c1-2-26-18-10-14(8-15(11-22)12-23)9-17(21)20(18)27-13-19(25)24-16-6-4-3-5-7-16/h8-10,16H,2-7,13H2,1H3,(H,24,25). The topological polar surface area (TPSA) is 95.1 Å². The first-order chi connectivity index (χ1) is 13.1. The van der Waals surface area contributed by atoms with Crippen LogP contribution in [0, 0.1) is 22.7 Å². The normalized spacial score (nSPS) is 13.8. The van der Waals surface area contributed by atoms with Gasteiger partial charge in [0.2, 0.25) is 0 Å². The fraction of sp³-hybridized carbons (Fsp3) is 0.450. The Hall–Kier alpha value is -2.51. The molecule has 6 nitrogen and oxygen atoms in total. The molecule has 0 spiro atoms. The van der Waals surface area contributed by atoms with E-state index in [1.54, 1.807) is 12.1 Å². The van der Waals surface area contributed by atoms with E-state index in [2.05, 4.69) is 21.2 Å². The first-order valence-electron chi connectivity index (χ1n) is 8.97. The number of carbonyl (C=O) groups excluding carboxylic acids is 1. The van der Waals surface area contributed by atoms with Crippen molar-refractivity contribution in [2.45, 2.75) is 45.1 Å². The lowest BCUT2D eigenvalue weighted by Crippen LogP contribution is -2.39. The van der Waals surface area contributed by atoms with Crippen LogP contribution in [-0.2, 0) is 4.79 Å². The van der Waals surface area contributed by atoms with E-state index in [1.165, 1.54) is 12.5 Å². The summed E-state index contributed by atoms with van der Waals surface area (Å²) in [7, 11) is 0. The highest BCUT2D eigenvalue weighted by molar-refractivity contribution is 9.10. The number of halogens is 1. The molecule has 0 aliphatic heterocycles. The van der Waals surface area contributed by atoms with Gasteiger partial charge in [0.05, 0.1) is 11.1 Å². The highest BCUT2D eigenvalue weighted by atomic mass is 79.9. The monoisotopic (exact) mass is 431 g/mol. The predicted octanol–water partition coefficient (Wildman–Crippen LogP) is 4.11. The van der Waals surface area contributed by atoms with Gasteiger partial charge in [-0.05, 0) is 59.5 Å². The molecule has 1 amide bonds. The Morgan fingerprint density at radius 1 is 1.26 bits per heavy atom. The Labute approximate surface area is 167 Å². The second kappa shape index (κ2) is 10.6. The smallest absolute Gasteiger partial charge is 0.258 e. The molecule has 1 aliphatic carbocycles. The van der Waals surface area contributed by atoms with Crippen LogP contribution in [0.15, 0.2) is 22.2 Å². The summed E-state index contributed by atoms with van der Waals surface area (Å²) in [6, 6.07) is 7.27. The van der Waals surface area contributed by atoms with Crippen molar-refractivity contribution in [3.8, 4) is 23.6 Å². The van der Waals surface area contributed by atoms with Crippen LogP contribution < -0.4 is 14.8 Å². The van der Waals surface area contributed by atoms with Crippen LogP contribution in [0.3, 0.4) is 0 Å². The molecule has 0 atom stereocenters. The zero-order valence-electron chi connectivity index (χ0n) is 15.3. The first kappa shape index (κ1) is 20.8. The lowest BCUT2D eigenvalue weighted by atomic mass is 9.95. The zero-order valence-corrected chi connectivity index (χ0v) is 16.8. The fourth-order valence-electron chi connectivity index (χ4n) is 2.98. The largest absolute Gasteiger partial charge is 0.490 e. The number of ether oxygens (including phenoxy) is 2. The van der Waals surface area contributed by atoms with Crippen LogP contribution in [0.1, 0.15) is 44.6 Å². The second-order valence-corrected chi connectivity index (χ2v) is 7.09. The first-order valence-corrected chi connectivity index (χ1v) is 9.77. The molecule has 2 rings (SSSR count). The van der Waals surface area contributed by atoms with Crippen LogP contribution >= 0.6 is 15.9 Å². The van der Waals surface area contributed by atoms with Gasteiger partial charge in [-0.25, -0.2) is 0 Å². The Morgan fingerprint density at radius 2 is 1.96 bits per heavy atom. The number of rotatable bonds is 7. The summed E-state index contributed by atoms with van der Waals surface area (Å²) in [5, 5.41) is 20.8. The van der Waals surface area contributed by atoms with Crippen molar-refractivity contribution < 1.29 is 14.3 Å². The molecule has 0 heterocycles. The van der Waals surface area contributed by atoms with Crippen molar-refractivity contribution in [2.75, 3.05) is 13.2 Å². The summed E-state index contributed by atoms with van der Waals surface area (Å²) in [6.45, 7) is 2.14. The molecule has 0 radical (unpaired) electrons. The van der Waals surface area contributed by atoms with Crippen LogP contribution in [0.2, 0.25) is 0 Å². The van der Waals surface area contributed by atoms with Gasteiger partial charge in [-0.2, -0.15) is 10.5 Å². The Bertz CT molecular complexity index is 771. The van der Waals surface area contributed by atoms with Gasteiger partial charge in [-0.3, -0.25) is 4.79 Å². The van der Waals surface area contributed by atoms with Crippen LogP contribution in [0.5, 0.6) is 11.5 Å². The number of benzene rings is 1. The van der Waals surface area contributed by atoms with Crippen molar-refractivity contribution >= 4 is 27.9 Å². The summed E-state index contributed by atoms with van der Waals surface area (Å²) in [5.74, 6) is 0.707. The lowest BCUT2D eigenvalue weighted by Gasteiger charge is -2.23. The number of hydrogen-bond acceptors (Lipinski definition) is 5. The highest BCUT2D eigenvalue weighted by Gasteiger charge is 2.18. The molecule has 7 heteroatoms. The molecule has 142 valence electrons. The van der Waals surface area contributed by atoms with Crippen molar-refractivity contribution in [1.82, 2.24) is 5.32 Å². The molecule has 1 fully saturated rings. The van der Waals surface area contributed by atoms with Gasteiger partial charge in [0, 0.05) is 6.04 Å². The second-order valence-electron chi connectivity index (χ2n) is 6.24. The third-order valence-corrected chi connectivity index (χ3v) is 4.79. The molecule has 27 heavy (non-hydrogen) atoms. The molecule has 1 aromatic carbocycles. The van der Waals surface area contributed by atoms with E-state index in [1.807, 2.05) is 19.1 Å². The van der Waals surface area contributed by atoms with E-state index in [9.17, 15) is 4.79 Å². The summed E-state index contributed by atoms with van der Waals surface area (Å²) >= 11 is 3.42. The van der Waals surface area contributed by atoms with E-state index >= 15 is 0 Å². The molecule has 1 aromatic rings. The maximum Gasteiger partial charge on any atom is 0.258 e. The average Bonchev–Trinajstić information content (AvgIpc) is 2.66. The summed E-state index contributed by atoms with van der Waals surface area (Å²) in [4.78, 5) is 12.2. The number of amides is 1. The van der Waals surface area contributed by atoms with Gasteiger partial charge in [-0.1, -0.05) is 19.3 Å². The molecule has 1 N–H and O–H groups in total. The van der Waals surface area contributed by atoms with Crippen LogP contribution in [-0.4, -0.2) is 25.2 Å². The number of allylic oxidation sites excluding steroid dienone is 1. The van der Waals surface area contributed by atoms with E-state index in [-0.39, 0.29) is 24.1 Å². The van der Waals surface area contributed by atoms with Gasteiger partial charge >= 0.3 is 0 Å². The van der Waals surface area contributed by atoms with Crippen molar-refractivity contribution in [3.05, 3.63) is 27.7 Å². The summed E-state index contributed by atoms with van der Waals surface area (Å²) in [5.41, 5.74) is 0.618. The number of nitriles is 2. The van der Waals surface area contributed by atoms with E-state index in [0.29, 0.717) is 28.1 Å². The van der Waals surface area contributed by atoms with Crippen molar-refractivity contribution in [2.24, 2.45) is 0 Å². The minimum Gasteiger partial charge on any atom is -0.490 e. The summed E-state index contributed by atoms with van der Waals surface area (Å²) in [6.07, 6.45) is 7.02. The average molecular weight is 432 g/mol. The van der Waals surface area contributed by atoms with E-state index in [0.717, 1.165) is 25.7 Å². The molecule has 1 aliphatic rings. The lowest BCUT2D eigenvalue weighted by molar-refractivity contribution is -0.124. The zero-order chi connectivity index (χ0) is 19.6. The summed E-state index contributed by atoms with van der Waals surface area (Å²) < 4.78 is 11.9. The Balaban J connectivity index is 2.10. The minimum absolute atomic E-state index is 0.00937. The minimum atomic E-state index is -0.156. The molecule has 0 aromatic heterocycles. The molecule has 1 saturated carbocycles. The molecular weight excluding hydrogens is 410 g/mol. The van der Waals surface area contributed by atoms with Gasteiger partial charge in [-0.15, -0.1) is 0 Å². The van der Waals surface area contributed by atoms with E-state index < -0.39 is 0 Å². The fourth-order valence-corrected chi connectivity index (χ4v) is 3.56. The quantitative estimate of drug-likeness (QED) is 0.655. The van der Waals surface area contributed by atoms with Gasteiger partial charge in [0.25, 0.3) is 5.91 Å². The van der Waals surface area contributed by atoms with E-state index in [4.69, 9.17) is 20.0 Å². The highest BCUT2D eigenvalue weighted by Crippen LogP contribution is 2.37. The maximum absolute atomic E-state index is 12.2. The number of nitrogens with one attached hydrogen (secondary N) is 1. The van der Waals surface area contributed by atoms with Crippen molar-refractivity contribution in [1.29, 1.82) is 10.5 Å². The SMILES string of the molecule is CCOc1cc(C=C(C#N)C#N)cc(Br)c1OCC(=O)NC1CCCCC1. The van der Waals surface area contributed by atoms with Crippen molar-refractivity contribution in [3.63, 3.8) is 0 Å². The number of nitrogens with zero attached hydrogens (tertiary/aromatic N) is 2. The number of carbonyl (C=O) groups is 1. The van der Waals surface area contributed by atoms with Gasteiger partial charge in [0.1, 0.15) is 17.7 Å². The van der Waals surface area contributed by atoms with Gasteiger partial charge in [0.15, 0.2) is 18.1 Å². The molecule has 0 bridgehead atoms. The van der Waals surface area contributed by atoms with Gasteiger partial charge < -0.3 is 14.8 Å². The Kier molecular flexibility index (Phi) is 8.16. The molecule has 0 unspecified atom stereocenters. The maximum atomic E-state index is 12.2. The predicted molar refractivity (Wildman–Crippen MR) is 105 cm³/mol. The third kappa shape index (κ3) is 6.30. The van der Waals surface area contributed by atoms with Crippen LogP contribution in [0.25, 0.3) is 6.08 Å². The molecular formula is C20H22BrN3O3. The third-order valence-electron chi connectivity index (χ3n) is 4.20. The van der Waals surface area contributed by atoms with Crippen LogP contribution in [0.4, 0.5) is 0 Å².